The zero-order valence-electron chi connectivity index (χ0n) is 17.9. The van der Waals surface area contributed by atoms with E-state index in [0.717, 1.165) is 16.0 Å². The van der Waals surface area contributed by atoms with Gasteiger partial charge in [0.2, 0.25) is 5.91 Å². The summed E-state index contributed by atoms with van der Waals surface area (Å²) in [6.07, 6.45) is 0. The van der Waals surface area contributed by atoms with Gasteiger partial charge in [-0.3, -0.25) is 9.10 Å². The summed E-state index contributed by atoms with van der Waals surface area (Å²) in [5.41, 5.74) is 2.19. The third kappa shape index (κ3) is 6.28. The number of thioether (sulfide) groups is 1. The summed E-state index contributed by atoms with van der Waals surface area (Å²) in [6, 6.07) is 21.2. The molecule has 3 rings (SSSR count). The number of halogens is 1. The van der Waals surface area contributed by atoms with E-state index in [4.69, 9.17) is 11.6 Å². The Bertz CT molecular complexity index is 1170. The van der Waals surface area contributed by atoms with Crippen molar-refractivity contribution in [3.05, 3.63) is 88.9 Å². The number of carbonyl (C=O) groups excluding carboxylic acids is 1. The van der Waals surface area contributed by atoms with E-state index in [9.17, 15) is 13.2 Å². The molecular formula is C24H25ClN2O3S2. The number of hydrogen-bond acceptors (Lipinski definition) is 4. The van der Waals surface area contributed by atoms with Crippen molar-refractivity contribution >= 4 is 45.0 Å². The van der Waals surface area contributed by atoms with Crippen molar-refractivity contribution in [2.24, 2.45) is 0 Å². The highest BCUT2D eigenvalue weighted by Crippen LogP contribution is 2.27. The van der Waals surface area contributed by atoms with Gasteiger partial charge in [0.1, 0.15) is 6.54 Å². The first kappa shape index (κ1) is 24.2. The van der Waals surface area contributed by atoms with Crippen molar-refractivity contribution in [3.8, 4) is 0 Å². The van der Waals surface area contributed by atoms with Gasteiger partial charge in [-0.2, -0.15) is 0 Å². The Labute approximate surface area is 198 Å². The predicted octanol–water partition coefficient (Wildman–Crippen LogP) is 5.06. The van der Waals surface area contributed by atoms with Crippen LogP contribution in [0.1, 0.15) is 11.1 Å². The van der Waals surface area contributed by atoms with Gasteiger partial charge >= 0.3 is 0 Å². The highest BCUT2D eigenvalue weighted by Gasteiger charge is 2.28. The molecule has 3 aromatic carbocycles. The Morgan fingerprint density at radius 3 is 2.38 bits per heavy atom. The minimum absolute atomic E-state index is 0.145. The van der Waals surface area contributed by atoms with Crippen molar-refractivity contribution in [2.75, 3.05) is 23.1 Å². The van der Waals surface area contributed by atoms with Crippen LogP contribution in [0.15, 0.2) is 82.6 Å². The molecule has 0 fully saturated rings. The molecule has 5 nitrogen and oxygen atoms in total. The smallest absolute Gasteiger partial charge is 0.264 e. The molecule has 0 atom stereocenters. The number of rotatable bonds is 9. The molecule has 1 N–H and O–H groups in total. The number of sulfonamides is 1. The van der Waals surface area contributed by atoms with Crippen LogP contribution in [0.2, 0.25) is 5.02 Å². The molecule has 32 heavy (non-hydrogen) atoms. The molecule has 0 aliphatic carbocycles. The number of amides is 1. The Balaban J connectivity index is 1.73. The molecule has 0 heterocycles. The maximum atomic E-state index is 13.4. The molecule has 0 radical (unpaired) electrons. The summed E-state index contributed by atoms with van der Waals surface area (Å²) in [4.78, 5) is 13.9. The summed E-state index contributed by atoms with van der Waals surface area (Å²) in [7, 11) is -3.91. The molecule has 0 unspecified atom stereocenters. The molecule has 0 aliphatic rings. The monoisotopic (exact) mass is 488 g/mol. The average molecular weight is 489 g/mol. The normalized spacial score (nSPS) is 11.2. The molecule has 0 saturated heterocycles. The van der Waals surface area contributed by atoms with Crippen LogP contribution in [0.3, 0.4) is 0 Å². The number of nitrogens with zero attached hydrogens (tertiary/aromatic N) is 1. The molecule has 0 spiro atoms. The molecule has 0 aromatic heterocycles. The topological polar surface area (TPSA) is 66.5 Å². The molecule has 3 aromatic rings. The van der Waals surface area contributed by atoms with Crippen molar-refractivity contribution in [3.63, 3.8) is 0 Å². The van der Waals surface area contributed by atoms with E-state index in [1.807, 2.05) is 50.2 Å². The first-order valence-corrected chi connectivity index (χ1v) is 12.9. The summed E-state index contributed by atoms with van der Waals surface area (Å²) >= 11 is 7.48. The third-order valence-corrected chi connectivity index (χ3v) is 7.80. The highest BCUT2D eigenvalue weighted by atomic mass is 35.5. The largest absolute Gasteiger partial charge is 0.354 e. The van der Waals surface area contributed by atoms with Crippen molar-refractivity contribution < 1.29 is 13.2 Å². The van der Waals surface area contributed by atoms with Gasteiger partial charge in [-0.1, -0.05) is 41.9 Å². The first-order valence-electron chi connectivity index (χ1n) is 10.1. The quantitative estimate of drug-likeness (QED) is 0.337. The number of carbonyl (C=O) groups is 1. The van der Waals surface area contributed by atoms with E-state index in [0.29, 0.717) is 23.0 Å². The lowest BCUT2D eigenvalue weighted by Crippen LogP contribution is -2.41. The van der Waals surface area contributed by atoms with Crippen molar-refractivity contribution in [1.29, 1.82) is 0 Å². The molecule has 0 bridgehead atoms. The minimum Gasteiger partial charge on any atom is -0.354 e. The zero-order valence-corrected chi connectivity index (χ0v) is 20.3. The molecule has 168 valence electrons. The minimum atomic E-state index is -3.91. The van der Waals surface area contributed by atoms with Gasteiger partial charge in [-0.15, -0.1) is 11.8 Å². The lowest BCUT2D eigenvalue weighted by Gasteiger charge is -2.26. The van der Waals surface area contributed by atoms with Crippen LogP contribution < -0.4 is 9.62 Å². The van der Waals surface area contributed by atoms with Crippen LogP contribution in [0.25, 0.3) is 0 Å². The number of nitrogens with one attached hydrogen (secondary N) is 1. The van der Waals surface area contributed by atoms with Gasteiger partial charge in [0.15, 0.2) is 0 Å². The van der Waals surface area contributed by atoms with Crippen LogP contribution in [-0.4, -0.2) is 33.2 Å². The van der Waals surface area contributed by atoms with E-state index in [-0.39, 0.29) is 17.3 Å². The molecule has 8 heteroatoms. The lowest BCUT2D eigenvalue weighted by molar-refractivity contribution is -0.119. The van der Waals surface area contributed by atoms with E-state index in [1.165, 1.54) is 16.4 Å². The van der Waals surface area contributed by atoms with Crippen molar-refractivity contribution in [1.82, 2.24) is 5.32 Å². The number of benzene rings is 3. The van der Waals surface area contributed by atoms with Crippen LogP contribution in [0, 0.1) is 13.8 Å². The second-order valence-corrected chi connectivity index (χ2v) is 10.7. The number of aryl methyl sites for hydroxylation is 2. The maximum absolute atomic E-state index is 13.4. The Morgan fingerprint density at radius 2 is 1.69 bits per heavy atom. The summed E-state index contributed by atoms with van der Waals surface area (Å²) in [6.45, 7) is 3.85. The number of anilines is 1. The predicted molar refractivity (Wildman–Crippen MR) is 132 cm³/mol. The van der Waals surface area contributed by atoms with Crippen LogP contribution >= 0.6 is 23.4 Å². The lowest BCUT2D eigenvalue weighted by atomic mass is 10.1. The number of hydrogen-bond donors (Lipinski definition) is 1. The van der Waals surface area contributed by atoms with Gasteiger partial charge in [-0.05, 0) is 67.4 Å². The first-order chi connectivity index (χ1) is 15.3. The van der Waals surface area contributed by atoms with Crippen molar-refractivity contribution in [2.45, 2.75) is 23.6 Å². The fourth-order valence-corrected chi connectivity index (χ4v) is 5.48. The molecular weight excluding hydrogens is 464 g/mol. The van der Waals surface area contributed by atoms with E-state index in [1.54, 1.807) is 36.0 Å². The highest BCUT2D eigenvalue weighted by molar-refractivity contribution is 7.99. The van der Waals surface area contributed by atoms with E-state index in [2.05, 4.69) is 5.32 Å². The maximum Gasteiger partial charge on any atom is 0.264 e. The Morgan fingerprint density at radius 1 is 1.00 bits per heavy atom. The Hall–Kier alpha value is -2.48. The van der Waals surface area contributed by atoms with Gasteiger partial charge in [0, 0.05) is 22.2 Å². The summed E-state index contributed by atoms with van der Waals surface area (Å²) in [5, 5.41) is 3.51. The second kappa shape index (κ2) is 10.9. The van der Waals surface area contributed by atoms with Gasteiger partial charge in [0.05, 0.1) is 10.6 Å². The third-order valence-electron chi connectivity index (χ3n) is 4.76. The zero-order chi connectivity index (χ0) is 23.1. The van der Waals surface area contributed by atoms with Crippen LogP contribution in [0.4, 0.5) is 5.69 Å². The summed E-state index contributed by atoms with van der Waals surface area (Å²) in [5.74, 6) is 0.296. The van der Waals surface area contributed by atoms with Crippen LogP contribution in [-0.2, 0) is 14.8 Å². The van der Waals surface area contributed by atoms with Crippen LogP contribution in [0.5, 0.6) is 0 Å². The molecule has 1 amide bonds. The van der Waals surface area contributed by atoms with E-state index >= 15 is 0 Å². The fraction of sp³-hybridized carbons (Fsp3) is 0.208. The van der Waals surface area contributed by atoms with Gasteiger partial charge in [0.25, 0.3) is 10.0 Å². The SMILES string of the molecule is Cc1ccc(C)c(N(CC(=O)NCCSc2ccc(Cl)cc2)S(=O)(=O)c2ccccc2)c1. The second-order valence-electron chi connectivity index (χ2n) is 7.27. The standard InChI is InChI=1S/C24H25ClN2O3S2/c1-18-8-9-19(2)23(16-18)27(32(29,30)22-6-4-3-5-7-22)17-24(28)26-14-15-31-21-12-10-20(25)11-13-21/h3-13,16H,14-15,17H2,1-2H3,(H,26,28). The average Bonchev–Trinajstić information content (AvgIpc) is 2.78. The fourth-order valence-electron chi connectivity index (χ4n) is 3.08. The van der Waals surface area contributed by atoms with Gasteiger partial charge in [-0.25, -0.2) is 8.42 Å². The Kier molecular flexibility index (Phi) is 8.23. The van der Waals surface area contributed by atoms with E-state index < -0.39 is 10.0 Å². The molecule has 0 aliphatic heterocycles. The molecule has 0 saturated carbocycles. The summed E-state index contributed by atoms with van der Waals surface area (Å²) < 4.78 is 28.0. The van der Waals surface area contributed by atoms with Gasteiger partial charge < -0.3 is 5.32 Å².